The number of nitrogens with one attached hydrogen (secondary N) is 2. The Hall–Kier alpha value is -4.02. The third-order valence-electron chi connectivity index (χ3n) is 5.36. The maximum absolute atomic E-state index is 12.3. The van der Waals surface area contributed by atoms with Crippen LogP contribution in [0.3, 0.4) is 0 Å². The minimum Gasteiger partial charge on any atom is -0.402 e. The predicted octanol–water partition coefficient (Wildman–Crippen LogP) is 4.13. The number of benzene rings is 1. The molecule has 0 saturated heterocycles. The maximum atomic E-state index is 12.3. The number of carbonyl (C=O) groups is 2. The van der Waals surface area contributed by atoms with Gasteiger partial charge in [-0.05, 0) is 45.1 Å². The maximum Gasteiger partial charge on any atom is 0.251 e. The number of methoxy groups -OCH3 is 1. The van der Waals surface area contributed by atoms with Gasteiger partial charge >= 0.3 is 0 Å². The number of thiazole rings is 1. The van der Waals surface area contributed by atoms with E-state index >= 15 is 0 Å². The second kappa shape index (κ2) is 12.3. The van der Waals surface area contributed by atoms with Crippen molar-refractivity contribution in [2.45, 2.75) is 32.9 Å². The molecule has 1 aromatic carbocycles. The summed E-state index contributed by atoms with van der Waals surface area (Å²) in [5.74, 6) is -0.811. The largest absolute Gasteiger partial charge is 0.402 e. The van der Waals surface area contributed by atoms with Crippen molar-refractivity contribution in [2.24, 2.45) is 5.73 Å². The smallest absolute Gasteiger partial charge is 0.251 e. The first-order chi connectivity index (χ1) is 17.6. The van der Waals surface area contributed by atoms with Gasteiger partial charge in [-0.3, -0.25) is 14.3 Å². The fraction of sp³-hybridized carbons (Fsp3) is 0.259. The Morgan fingerprint density at radius 3 is 2.62 bits per heavy atom. The number of ether oxygens (including phenoxy) is 1. The minimum absolute atomic E-state index is 0.206. The van der Waals surface area contributed by atoms with Crippen molar-refractivity contribution in [3.8, 4) is 22.5 Å². The summed E-state index contributed by atoms with van der Waals surface area (Å²) in [6, 6.07) is 9.87. The van der Waals surface area contributed by atoms with Gasteiger partial charge in [0.1, 0.15) is 0 Å². The summed E-state index contributed by atoms with van der Waals surface area (Å²) in [6.07, 6.45) is 6.47. The van der Waals surface area contributed by atoms with Crippen molar-refractivity contribution in [1.82, 2.24) is 20.1 Å². The molecule has 0 radical (unpaired) electrons. The number of hydrogen-bond donors (Lipinski definition) is 3. The summed E-state index contributed by atoms with van der Waals surface area (Å²) in [5, 5.41) is 12.3. The quantitative estimate of drug-likeness (QED) is 0.258. The lowest BCUT2D eigenvalue weighted by Crippen LogP contribution is -2.33. The molecule has 0 aliphatic rings. The summed E-state index contributed by atoms with van der Waals surface area (Å²) in [4.78, 5) is 29.1. The van der Waals surface area contributed by atoms with Gasteiger partial charge in [0.25, 0.3) is 5.91 Å². The van der Waals surface area contributed by atoms with Gasteiger partial charge in [0.2, 0.25) is 5.91 Å². The third kappa shape index (κ3) is 7.99. The van der Waals surface area contributed by atoms with Gasteiger partial charge in [0.05, 0.1) is 30.1 Å². The molecule has 9 nitrogen and oxygen atoms in total. The summed E-state index contributed by atoms with van der Waals surface area (Å²) < 4.78 is 7.36. The van der Waals surface area contributed by atoms with E-state index in [0.29, 0.717) is 22.9 Å². The van der Waals surface area contributed by atoms with Crippen LogP contribution in [0, 0.1) is 0 Å². The average molecular weight is 521 g/mol. The molecule has 2 aromatic heterocycles. The molecule has 0 spiro atoms. The van der Waals surface area contributed by atoms with Crippen molar-refractivity contribution in [2.75, 3.05) is 19.0 Å². The van der Waals surface area contributed by atoms with Crippen LogP contribution in [-0.4, -0.2) is 45.8 Å². The number of rotatable bonds is 11. The average Bonchev–Trinajstić information content (AvgIpc) is 3.52. The van der Waals surface area contributed by atoms with Crippen molar-refractivity contribution < 1.29 is 14.3 Å². The lowest BCUT2D eigenvalue weighted by atomic mass is 10.1. The zero-order valence-corrected chi connectivity index (χ0v) is 22.3. The van der Waals surface area contributed by atoms with Gasteiger partial charge in [-0.15, -0.1) is 11.3 Å². The van der Waals surface area contributed by atoms with Crippen LogP contribution in [0.25, 0.3) is 22.5 Å². The fourth-order valence-electron chi connectivity index (χ4n) is 3.24. The third-order valence-corrected chi connectivity index (χ3v) is 6.12. The molecule has 0 unspecified atom stereocenters. The van der Waals surface area contributed by atoms with E-state index in [1.165, 1.54) is 17.4 Å². The number of nitrogens with two attached hydrogens (primary N) is 1. The van der Waals surface area contributed by atoms with Crippen LogP contribution in [0.4, 0.5) is 5.13 Å². The molecule has 3 aromatic rings. The van der Waals surface area contributed by atoms with Crippen molar-refractivity contribution in [1.29, 1.82) is 0 Å². The van der Waals surface area contributed by atoms with E-state index in [1.807, 2.05) is 60.4 Å². The van der Waals surface area contributed by atoms with Crippen LogP contribution in [0.1, 0.15) is 20.8 Å². The van der Waals surface area contributed by atoms with Gasteiger partial charge in [0, 0.05) is 41.1 Å². The lowest BCUT2D eigenvalue weighted by Gasteiger charge is -2.22. The molecule has 10 heteroatoms. The minimum atomic E-state index is -0.424. The highest BCUT2D eigenvalue weighted by molar-refractivity contribution is 7.14. The molecule has 194 valence electrons. The second-order valence-corrected chi connectivity index (χ2v) is 9.81. The molecule has 0 bridgehead atoms. The number of carbonyl (C=O) groups excluding carboxylic acids is 2. The number of nitrogens with zero attached hydrogens (tertiary/aromatic N) is 3. The first-order valence-electron chi connectivity index (χ1n) is 11.6. The van der Waals surface area contributed by atoms with Gasteiger partial charge in [-0.1, -0.05) is 30.9 Å². The van der Waals surface area contributed by atoms with Crippen molar-refractivity contribution in [3.63, 3.8) is 0 Å². The molecule has 4 N–H and O–H groups in total. The molecule has 0 atom stereocenters. The lowest BCUT2D eigenvalue weighted by molar-refractivity contribution is -0.121. The van der Waals surface area contributed by atoms with Crippen LogP contribution in [0.15, 0.2) is 78.0 Å². The monoisotopic (exact) mass is 520 g/mol. The highest BCUT2D eigenvalue weighted by atomic mass is 32.1. The molecule has 2 amide bonds. The second-order valence-electron chi connectivity index (χ2n) is 8.95. The summed E-state index contributed by atoms with van der Waals surface area (Å²) >= 11 is 1.31. The normalized spacial score (nSPS) is 12.3. The van der Waals surface area contributed by atoms with E-state index in [0.717, 1.165) is 22.5 Å². The standard InChI is InChI=1S/C27H32N6O3S/c1-6-19(11-10-18(2)28)25(35)29-15-24(34)31-26-30-23(16-37-26)21-9-7-8-20(14-21)22-12-13-33(32-22)17-27(3,4)36-5/h6-14,16H,1,15,17,28H2,2-5H3,(H,29,35)(H,30,31,34)/b18-10+,19-11+. The SMILES string of the molecule is C=C/C(=C\C=C(/C)N)C(=O)NCC(=O)Nc1nc(-c2cccc(-c3ccn(CC(C)(C)OC)n3)c2)cs1. The van der Waals surface area contributed by atoms with Crippen LogP contribution < -0.4 is 16.4 Å². The molecule has 37 heavy (non-hydrogen) atoms. The summed E-state index contributed by atoms with van der Waals surface area (Å²) in [6.45, 7) is 9.77. The van der Waals surface area contributed by atoms with E-state index in [2.05, 4.69) is 27.3 Å². The number of allylic oxidation sites excluding steroid dienone is 3. The molecule has 2 heterocycles. The van der Waals surface area contributed by atoms with Gasteiger partial charge in [-0.2, -0.15) is 5.10 Å². The van der Waals surface area contributed by atoms with Crippen LogP contribution in [-0.2, 0) is 20.9 Å². The topological polar surface area (TPSA) is 124 Å². The Kier molecular flexibility index (Phi) is 9.15. The first kappa shape index (κ1) is 27.6. The molecule has 0 fully saturated rings. The highest BCUT2D eigenvalue weighted by Gasteiger charge is 2.18. The predicted molar refractivity (Wildman–Crippen MR) is 148 cm³/mol. The number of anilines is 1. The summed E-state index contributed by atoms with van der Waals surface area (Å²) in [7, 11) is 1.69. The molecule has 0 aliphatic carbocycles. The number of hydrogen-bond acceptors (Lipinski definition) is 7. The Balaban J connectivity index is 1.63. The van der Waals surface area contributed by atoms with Crippen molar-refractivity contribution in [3.05, 3.63) is 78.0 Å². The van der Waals surface area contributed by atoms with E-state index in [4.69, 9.17) is 10.5 Å². The van der Waals surface area contributed by atoms with E-state index < -0.39 is 5.91 Å². The fourth-order valence-corrected chi connectivity index (χ4v) is 3.98. The number of amides is 2. The summed E-state index contributed by atoms with van der Waals surface area (Å²) in [5.41, 5.74) is 9.56. The number of aromatic nitrogens is 3. The molecule has 0 aliphatic heterocycles. The van der Waals surface area contributed by atoms with Crippen LogP contribution in [0.5, 0.6) is 0 Å². The van der Waals surface area contributed by atoms with E-state index in [9.17, 15) is 9.59 Å². The Bertz CT molecular complexity index is 1330. The van der Waals surface area contributed by atoms with Gasteiger partial charge < -0.3 is 21.1 Å². The highest BCUT2D eigenvalue weighted by Crippen LogP contribution is 2.28. The Labute approximate surface area is 220 Å². The molecular formula is C27H32N6O3S. The van der Waals surface area contributed by atoms with Crippen LogP contribution >= 0.6 is 11.3 Å². The van der Waals surface area contributed by atoms with E-state index in [1.54, 1.807) is 26.2 Å². The Morgan fingerprint density at radius 1 is 1.22 bits per heavy atom. The van der Waals surface area contributed by atoms with E-state index in [-0.39, 0.29) is 18.1 Å². The zero-order chi connectivity index (χ0) is 27.0. The Morgan fingerprint density at radius 2 is 1.95 bits per heavy atom. The van der Waals surface area contributed by atoms with Crippen LogP contribution in [0.2, 0.25) is 0 Å². The van der Waals surface area contributed by atoms with Gasteiger partial charge in [0.15, 0.2) is 5.13 Å². The first-order valence-corrected chi connectivity index (χ1v) is 12.5. The molecular weight excluding hydrogens is 488 g/mol. The molecule has 0 saturated carbocycles. The van der Waals surface area contributed by atoms with Gasteiger partial charge in [-0.25, -0.2) is 4.98 Å². The zero-order valence-electron chi connectivity index (χ0n) is 21.4. The molecule has 3 rings (SSSR count). The van der Waals surface area contributed by atoms with Crippen molar-refractivity contribution >= 4 is 28.3 Å².